The molecule has 1 amide bonds. The summed E-state index contributed by atoms with van der Waals surface area (Å²) in [4.78, 5) is 23.6. The van der Waals surface area contributed by atoms with Gasteiger partial charge in [0.05, 0.1) is 25.8 Å². The lowest BCUT2D eigenvalue weighted by Crippen LogP contribution is -2.41. The van der Waals surface area contributed by atoms with Crippen molar-refractivity contribution in [1.82, 2.24) is 4.72 Å². The van der Waals surface area contributed by atoms with Gasteiger partial charge in [0.1, 0.15) is 10.6 Å². The first-order valence-electron chi connectivity index (χ1n) is 8.03. The Bertz CT molecular complexity index is 976. The molecule has 0 aromatic heterocycles. The van der Waals surface area contributed by atoms with Gasteiger partial charge in [0.25, 0.3) is 0 Å². The maximum Gasteiger partial charge on any atom is 0.337 e. The van der Waals surface area contributed by atoms with E-state index in [0.717, 1.165) is 0 Å². The molecule has 8 nitrogen and oxygen atoms in total. The molecule has 1 atom stereocenters. The number of ether oxygens (including phenoxy) is 2. The number of carbonyl (C=O) groups is 2. The van der Waals surface area contributed by atoms with Gasteiger partial charge in [-0.05, 0) is 49.4 Å². The second kappa shape index (κ2) is 9.05. The summed E-state index contributed by atoms with van der Waals surface area (Å²) in [7, 11) is -1.47. The van der Waals surface area contributed by atoms with Crippen LogP contribution in [0.3, 0.4) is 0 Å². The molecule has 0 aliphatic rings. The Morgan fingerprint density at radius 1 is 1.07 bits per heavy atom. The van der Waals surface area contributed by atoms with E-state index in [0.29, 0.717) is 11.3 Å². The Morgan fingerprint density at radius 2 is 1.71 bits per heavy atom. The number of benzene rings is 2. The number of hydrogen-bond donors (Lipinski definition) is 2. The monoisotopic (exact) mass is 426 g/mol. The molecule has 0 saturated heterocycles. The van der Waals surface area contributed by atoms with Crippen LogP contribution < -0.4 is 14.8 Å². The smallest absolute Gasteiger partial charge is 0.337 e. The van der Waals surface area contributed by atoms with Crippen LogP contribution in [0.2, 0.25) is 5.02 Å². The molecule has 0 unspecified atom stereocenters. The zero-order valence-electron chi connectivity index (χ0n) is 15.4. The zero-order chi connectivity index (χ0) is 20.9. The molecule has 2 N–H and O–H groups in total. The van der Waals surface area contributed by atoms with Gasteiger partial charge in [-0.15, -0.1) is 0 Å². The summed E-state index contributed by atoms with van der Waals surface area (Å²) < 4.78 is 37.1. The lowest BCUT2D eigenvalue weighted by atomic mass is 10.2. The van der Waals surface area contributed by atoms with Crippen molar-refractivity contribution in [3.8, 4) is 5.75 Å². The Labute approximate surface area is 167 Å². The summed E-state index contributed by atoms with van der Waals surface area (Å²) in [5.41, 5.74) is 0.714. The largest absolute Gasteiger partial charge is 0.495 e. The third-order valence-electron chi connectivity index (χ3n) is 3.71. The highest BCUT2D eigenvalue weighted by Crippen LogP contribution is 2.27. The topological polar surface area (TPSA) is 111 Å². The van der Waals surface area contributed by atoms with Crippen molar-refractivity contribution in [2.24, 2.45) is 0 Å². The molecule has 0 saturated carbocycles. The van der Waals surface area contributed by atoms with E-state index in [1.807, 2.05) is 0 Å². The van der Waals surface area contributed by atoms with Crippen LogP contribution in [0.4, 0.5) is 5.69 Å². The minimum absolute atomic E-state index is 0.0999. The van der Waals surface area contributed by atoms with Gasteiger partial charge in [0.2, 0.25) is 15.9 Å². The van der Waals surface area contributed by atoms with E-state index < -0.39 is 27.9 Å². The summed E-state index contributed by atoms with van der Waals surface area (Å²) in [5, 5.41) is 2.78. The second-order valence-corrected chi connectivity index (χ2v) is 7.82. The number of sulfonamides is 1. The van der Waals surface area contributed by atoms with Crippen molar-refractivity contribution >= 4 is 39.2 Å². The van der Waals surface area contributed by atoms with Crippen molar-refractivity contribution in [2.75, 3.05) is 19.5 Å². The lowest BCUT2D eigenvalue weighted by Gasteiger charge is -2.16. The van der Waals surface area contributed by atoms with Gasteiger partial charge in [-0.25, -0.2) is 13.2 Å². The van der Waals surface area contributed by atoms with Crippen LogP contribution in [0.15, 0.2) is 47.4 Å². The van der Waals surface area contributed by atoms with Crippen LogP contribution in [-0.4, -0.2) is 40.6 Å². The highest BCUT2D eigenvalue weighted by Gasteiger charge is 2.25. The molecule has 0 radical (unpaired) electrons. The highest BCUT2D eigenvalue weighted by molar-refractivity contribution is 7.89. The Balaban J connectivity index is 2.11. The Kier molecular flexibility index (Phi) is 7.00. The number of carbonyl (C=O) groups excluding carboxylic acids is 2. The molecule has 2 aromatic carbocycles. The molecular weight excluding hydrogens is 408 g/mol. The summed E-state index contributed by atoms with van der Waals surface area (Å²) in [6.45, 7) is 1.40. The number of rotatable bonds is 7. The van der Waals surface area contributed by atoms with Crippen molar-refractivity contribution < 1.29 is 27.5 Å². The Hall–Kier alpha value is -2.62. The van der Waals surface area contributed by atoms with E-state index in [1.165, 1.54) is 63.6 Å². The molecule has 0 spiro atoms. The third kappa shape index (κ3) is 5.22. The summed E-state index contributed by atoms with van der Waals surface area (Å²) in [5.74, 6) is -0.993. The normalized spacial score (nSPS) is 12.1. The first-order chi connectivity index (χ1) is 13.2. The van der Waals surface area contributed by atoms with Gasteiger partial charge in [-0.1, -0.05) is 11.6 Å². The average Bonchev–Trinajstić information content (AvgIpc) is 2.67. The first kappa shape index (κ1) is 21.7. The molecule has 2 rings (SSSR count). The molecule has 10 heteroatoms. The quantitative estimate of drug-likeness (QED) is 0.658. The second-order valence-electron chi connectivity index (χ2n) is 5.70. The third-order valence-corrected chi connectivity index (χ3v) is 5.51. The van der Waals surface area contributed by atoms with E-state index in [-0.39, 0.29) is 15.7 Å². The Morgan fingerprint density at radius 3 is 2.29 bits per heavy atom. The minimum Gasteiger partial charge on any atom is -0.495 e. The van der Waals surface area contributed by atoms with Crippen LogP contribution in [0.25, 0.3) is 0 Å². The number of anilines is 1. The van der Waals surface area contributed by atoms with Gasteiger partial charge in [0.15, 0.2) is 0 Å². The summed E-state index contributed by atoms with van der Waals surface area (Å²) in [6, 6.07) is 9.03. The standard InChI is InChI=1S/C18H19ClN2O6S/c1-11(17(22)20-14-7-4-12(5-8-14)18(23)27-3)21-28(24,25)16-10-13(19)6-9-15(16)26-2/h4-11,21H,1-3H3,(H,20,22)/t11-/m1/s1. The van der Waals surface area contributed by atoms with Gasteiger partial charge in [-0.2, -0.15) is 4.72 Å². The van der Waals surface area contributed by atoms with Crippen LogP contribution in [0, 0.1) is 0 Å². The van der Waals surface area contributed by atoms with Crippen molar-refractivity contribution in [3.63, 3.8) is 0 Å². The van der Waals surface area contributed by atoms with E-state index in [4.69, 9.17) is 16.3 Å². The predicted molar refractivity (Wildman–Crippen MR) is 104 cm³/mol. The first-order valence-corrected chi connectivity index (χ1v) is 9.89. The van der Waals surface area contributed by atoms with Gasteiger partial charge < -0.3 is 14.8 Å². The minimum atomic E-state index is -4.06. The van der Waals surface area contributed by atoms with E-state index in [1.54, 1.807) is 0 Å². The molecule has 0 aliphatic carbocycles. The van der Waals surface area contributed by atoms with Crippen molar-refractivity contribution in [3.05, 3.63) is 53.1 Å². The van der Waals surface area contributed by atoms with Crippen LogP contribution >= 0.6 is 11.6 Å². The maximum atomic E-state index is 12.6. The van der Waals surface area contributed by atoms with Crippen LogP contribution in [0.1, 0.15) is 17.3 Å². The van der Waals surface area contributed by atoms with Crippen LogP contribution in [0.5, 0.6) is 5.75 Å². The fourth-order valence-electron chi connectivity index (χ4n) is 2.27. The molecule has 28 heavy (non-hydrogen) atoms. The summed E-state index contributed by atoms with van der Waals surface area (Å²) >= 11 is 5.87. The van der Waals surface area contributed by atoms with Gasteiger partial charge in [0, 0.05) is 10.7 Å². The maximum absolute atomic E-state index is 12.6. The van der Waals surface area contributed by atoms with Crippen molar-refractivity contribution in [1.29, 1.82) is 0 Å². The van der Waals surface area contributed by atoms with Gasteiger partial charge >= 0.3 is 5.97 Å². The highest BCUT2D eigenvalue weighted by atomic mass is 35.5. The van der Waals surface area contributed by atoms with Crippen molar-refractivity contribution in [2.45, 2.75) is 17.9 Å². The molecule has 150 valence electrons. The summed E-state index contributed by atoms with van der Waals surface area (Å²) in [6.07, 6.45) is 0. The van der Waals surface area contributed by atoms with E-state index >= 15 is 0 Å². The van der Waals surface area contributed by atoms with E-state index in [2.05, 4.69) is 14.8 Å². The molecule has 0 bridgehead atoms. The van der Waals surface area contributed by atoms with E-state index in [9.17, 15) is 18.0 Å². The molecule has 2 aromatic rings. The van der Waals surface area contributed by atoms with Crippen LogP contribution in [-0.2, 0) is 19.6 Å². The lowest BCUT2D eigenvalue weighted by molar-refractivity contribution is -0.117. The number of esters is 1. The molecule has 0 fully saturated rings. The fraction of sp³-hybridized carbons (Fsp3) is 0.222. The molecular formula is C18H19ClN2O6S. The number of hydrogen-bond acceptors (Lipinski definition) is 6. The van der Waals surface area contributed by atoms with Gasteiger partial charge in [-0.3, -0.25) is 4.79 Å². The number of nitrogens with one attached hydrogen (secondary N) is 2. The fourth-order valence-corrected chi connectivity index (χ4v) is 3.90. The number of halogens is 1. The molecule has 0 aliphatic heterocycles. The zero-order valence-corrected chi connectivity index (χ0v) is 16.9. The SMILES string of the molecule is COC(=O)c1ccc(NC(=O)[C@@H](C)NS(=O)(=O)c2cc(Cl)ccc2OC)cc1. The molecule has 0 heterocycles. The predicted octanol–water partition coefficient (Wildman–Crippen LogP) is 2.44. The average molecular weight is 427 g/mol. The number of amides is 1. The number of methoxy groups -OCH3 is 2.